The van der Waals surface area contributed by atoms with E-state index in [0.29, 0.717) is 28.9 Å². The lowest BCUT2D eigenvalue weighted by molar-refractivity contribution is 0.102. The zero-order valence-electron chi connectivity index (χ0n) is 21.2. The molecule has 9 heteroatoms. The normalized spacial score (nSPS) is 12.4. The first kappa shape index (κ1) is 26.1. The highest BCUT2D eigenvalue weighted by molar-refractivity contribution is 7.89. The molecule has 0 bridgehead atoms. The van der Waals surface area contributed by atoms with Crippen molar-refractivity contribution in [2.24, 2.45) is 0 Å². The maximum atomic E-state index is 12.6. The summed E-state index contributed by atoms with van der Waals surface area (Å²) >= 11 is 0. The van der Waals surface area contributed by atoms with Crippen LogP contribution in [0, 0.1) is 6.92 Å². The fraction of sp³-hybridized carbons (Fsp3) is 0.214. The van der Waals surface area contributed by atoms with Gasteiger partial charge in [0.25, 0.3) is 5.91 Å². The third kappa shape index (κ3) is 6.25. The van der Waals surface area contributed by atoms with Gasteiger partial charge in [-0.25, -0.2) is 17.7 Å². The molecule has 0 aliphatic rings. The number of aryl methyl sites for hydroxylation is 1. The number of amides is 1. The molecule has 0 spiro atoms. The SMILES string of the molecule is Cc1cncc(C(=O)Nc2cccc([C@H](C)Cc3cncc(-c4cccc(S(=O)(=O)N(C)C)c4)n3)c2)c1. The fourth-order valence-electron chi connectivity index (χ4n) is 3.91. The Hall–Kier alpha value is -3.95. The molecule has 1 N–H and O–H groups in total. The first-order valence-corrected chi connectivity index (χ1v) is 13.2. The zero-order chi connectivity index (χ0) is 26.6. The summed E-state index contributed by atoms with van der Waals surface area (Å²) < 4.78 is 26.3. The zero-order valence-corrected chi connectivity index (χ0v) is 22.0. The van der Waals surface area contributed by atoms with E-state index in [1.807, 2.05) is 37.3 Å². The van der Waals surface area contributed by atoms with Gasteiger partial charge in [0.2, 0.25) is 10.0 Å². The highest BCUT2D eigenvalue weighted by Crippen LogP contribution is 2.25. The largest absolute Gasteiger partial charge is 0.322 e. The topological polar surface area (TPSA) is 105 Å². The molecule has 37 heavy (non-hydrogen) atoms. The lowest BCUT2D eigenvalue weighted by Crippen LogP contribution is -2.22. The maximum Gasteiger partial charge on any atom is 0.257 e. The van der Waals surface area contributed by atoms with Crippen molar-refractivity contribution in [3.8, 4) is 11.3 Å². The number of pyridine rings is 1. The smallest absolute Gasteiger partial charge is 0.257 e. The molecule has 0 aliphatic carbocycles. The van der Waals surface area contributed by atoms with Gasteiger partial charge in [0.1, 0.15) is 0 Å². The Balaban J connectivity index is 1.50. The van der Waals surface area contributed by atoms with Gasteiger partial charge in [0.15, 0.2) is 0 Å². The summed E-state index contributed by atoms with van der Waals surface area (Å²) in [6, 6.07) is 16.2. The molecule has 4 rings (SSSR count). The summed E-state index contributed by atoms with van der Waals surface area (Å²) in [5.41, 5.74) is 5.25. The molecule has 1 amide bonds. The molecule has 0 radical (unpaired) electrons. The van der Waals surface area contributed by atoms with Crippen molar-refractivity contribution in [3.05, 3.63) is 102 Å². The van der Waals surface area contributed by atoms with E-state index in [1.165, 1.54) is 18.4 Å². The van der Waals surface area contributed by atoms with Gasteiger partial charge in [0.05, 0.1) is 28.0 Å². The molecule has 2 heterocycles. The molecule has 0 aliphatic heterocycles. The average molecular weight is 516 g/mol. The van der Waals surface area contributed by atoms with Crippen molar-refractivity contribution < 1.29 is 13.2 Å². The number of nitrogens with one attached hydrogen (secondary N) is 1. The second-order valence-electron chi connectivity index (χ2n) is 9.15. The summed E-state index contributed by atoms with van der Waals surface area (Å²) in [5.74, 6) is -0.111. The average Bonchev–Trinajstić information content (AvgIpc) is 2.89. The monoisotopic (exact) mass is 515 g/mol. The Kier molecular flexibility index (Phi) is 7.75. The molecule has 2 aromatic heterocycles. The predicted octanol–water partition coefficient (Wildman–Crippen LogP) is 4.70. The molecule has 0 saturated heterocycles. The molecular formula is C28H29N5O3S. The van der Waals surface area contributed by atoms with E-state index < -0.39 is 10.0 Å². The van der Waals surface area contributed by atoms with Crippen LogP contribution in [0.2, 0.25) is 0 Å². The van der Waals surface area contributed by atoms with E-state index >= 15 is 0 Å². The number of benzene rings is 2. The Morgan fingerprint density at radius 1 is 0.973 bits per heavy atom. The van der Waals surface area contributed by atoms with E-state index in [2.05, 4.69) is 22.2 Å². The Bertz CT molecular complexity index is 1540. The summed E-state index contributed by atoms with van der Waals surface area (Å²) in [4.78, 5) is 26.0. The molecule has 190 valence electrons. The van der Waals surface area contributed by atoms with Gasteiger partial charge < -0.3 is 5.32 Å². The third-order valence-corrected chi connectivity index (χ3v) is 7.77. The first-order valence-electron chi connectivity index (χ1n) is 11.8. The number of anilines is 1. The number of hydrogen-bond donors (Lipinski definition) is 1. The summed E-state index contributed by atoms with van der Waals surface area (Å²) in [5, 5.41) is 2.94. The van der Waals surface area contributed by atoms with Crippen molar-refractivity contribution in [3.63, 3.8) is 0 Å². The van der Waals surface area contributed by atoms with Crippen molar-refractivity contribution in [2.75, 3.05) is 19.4 Å². The van der Waals surface area contributed by atoms with Gasteiger partial charge >= 0.3 is 0 Å². The highest BCUT2D eigenvalue weighted by atomic mass is 32.2. The minimum Gasteiger partial charge on any atom is -0.322 e. The highest BCUT2D eigenvalue weighted by Gasteiger charge is 2.18. The van der Waals surface area contributed by atoms with Gasteiger partial charge in [0, 0.05) is 43.9 Å². The van der Waals surface area contributed by atoms with Crippen LogP contribution in [0.25, 0.3) is 11.3 Å². The molecule has 0 fully saturated rings. The number of carbonyl (C=O) groups is 1. The van der Waals surface area contributed by atoms with Crippen molar-refractivity contribution in [2.45, 2.75) is 31.1 Å². The lowest BCUT2D eigenvalue weighted by atomic mass is 9.96. The second-order valence-corrected chi connectivity index (χ2v) is 11.3. The van der Waals surface area contributed by atoms with Crippen LogP contribution in [0.15, 0.2) is 84.3 Å². The third-order valence-electron chi connectivity index (χ3n) is 5.96. The van der Waals surface area contributed by atoms with Crippen molar-refractivity contribution >= 4 is 21.6 Å². The van der Waals surface area contributed by atoms with Gasteiger partial charge in [-0.2, -0.15) is 0 Å². The lowest BCUT2D eigenvalue weighted by Gasteiger charge is -2.14. The van der Waals surface area contributed by atoms with Crippen LogP contribution in [0.5, 0.6) is 0 Å². The number of rotatable bonds is 8. The van der Waals surface area contributed by atoms with E-state index in [9.17, 15) is 13.2 Å². The summed E-state index contributed by atoms with van der Waals surface area (Å²) in [6.45, 7) is 3.98. The maximum absolute atomic E-state index is 12.6. The molecule has 4 aromatic rings. The van der Waals surface area contributed by atoms with Crippen LogP contribution in [0.4, 0.5) is 5.69 Å². The molecule has 2 aromatic carbocycles. The van der Waals surface area contributed by atoms with Crippen LogP contribution in [-0.4, -0.2) is 47.7 Å². The van der Waals surface area contributed by atoms with E-state index in [-0.39, 0.29) is 16.7 Å². The Morgan fingerprint density at radius 2 is 1.73 bits per heavy atom. The molecule has 8 nitrogen and oxygen atoms in total. The van der Waals surface area contributed by atoms with Gasteiger partial charge in [-0.05, 0) is 60.7 Å². The van der Waals surface area contributed by atoms with Crippen LogP contribution < -0.4 is 5.32 Å². The molecule has 1 atom stereocenters. The summed E-state index contributed by atoms with van der Waals surface area (Å²) in [6.07, 6.45) is 7.23. The number of hydrogen-bond acceptors (Lipinski definition) is 6. The predicted molar refractivity (Wildman–Crippen MR) is 144 cm³/mol. The van der Waals surface area contributed by atoms with Gasteiger partial charge in [-0.1, -0.05) is 31.2 Å². The first-order chi connectivity index (χ1) is 17.6. The number of nitrogens with zero attached hydrogens (tertiary/aromatic N) is 4. The minimum absolute atomic E-state index is 0.0995. The molecule has 0 unspecified atom stereocenters. The number of carbonyl (C=O) groups excluding carboxylic acids is 1. The van der Waals surface area contributed by atoms with E-state index in [1.54, 1.807) is 49.1 Å². The Labute approximate surface area is 217 Å². The quantitative estimate of drug-likeness (QED) is 0.365. The molecule has 0 saturated carbocycles. The van der Waals surface area contributed by atoms with Crippen LogP contribution in [0.3, 0.4) is 0 Å². The molecular weight excluding hydrogens is 486 g/mol. The fourth-order valence-corrected chi connectivity index (χ4v) is 4.86. The summed E-state index contributed by atoms with van der Waals surface area (Å²) in [7, 11) is -0.546. The van der Waals surface area contributed by atoms with Crippen LogP contribution in [0.1, 0.15) is 40.0 Å². The van der Waals surface area contributed by atoms with Gasteiger partial charge in [-0.3, -0.25) is 14.8 Å². The van der Waals surface area contributed by atoms with Crippen LogP contribution >= 0.6 is 0 Å². The number of sulfonamides is 1. The standard InChI is InChI=1S/C28H29N5O3S/c1-19-11-23(16-29-15-19)28(34)32-24-9-5-7-21(13-24)20(2)12-25-17-30-18-27(31-25)22-8-6-10-26(14-22)37(35,36)33(3)4/h5-11,13-18,20H,12H2,1-4H3,(H,32,34)/t20-/m1/s1. The minimum atomic E-state index is -3.55. The van der Waals surface area contributed by atoms with Crippen LogP contribution in [-0.2, 0) is 16.4 Å². The van der Waals surface area contributed by atoms with E-state index in [0.717, 1.165) is 16.8 Å². The van der Waals surface area contributed by atoms with Crippen molar-refractivity contribution in [1.29, 1.82) is 0 Å². The van der Waals surface area contributed by atoms with E-state index in [4.69, 9.17) is 4.98 Å². The Morgan fingerprint density at radius 3 is 2.49 bits per heavy atom. The number of aromatic nitrogens is 3. The second kappa shape index (κ2) is 11.0. The van der Waals surface area contributed by atoms with Crippen molar-refractivity contribution in [1.82, 2.24) is 19.3 Å². The van der Waals surface area contributed by atoms with Gasteiger partial charge in [-0.15, -0.1) is 0 Å².